The van der Waals surface area contributed by atoms with Gasteiger partial charge in [-0.2, -0.15) is 0 Å². The summed E-state index contributed by atoms with van der Waals surface area (Å²) in [5.41, 5.74) is 1.47. The zero-order chi connectivity index (χ0) is 13.9. The van der Waals surface area contributed by atoms with E-state index in [1.165, 1.54) is 0 Å². The lowest BCUT2D eigenvalue weighted by molar-refractivity contribution is -0.141. The van der Waals surface area contributed by atoms with E-state index in [1.807, 2.05) is 60.7 Å². The highest BCUT2D eigenvalue weighted by Crippen LogP contribution is 2.08. The first-order valence-corrected chi connectivity index (χ1v) is 5.47. The Morgan fingerprint density at radius 2 is 1.11 bits per heavy atom. The van der Waals surface area contributed by atoms with Crippen molar-refractivity contribution in [1.29, 1.82) is 0 Å². The topological polar surface area (TPSA) is 60.4 Å². The van der Waals surface area contributed by atoms with Gasteiger partial charge in [-0.25, -0.2) is 0 Å². The summed E-state index contributed by atoms with van der Waals surface area (Å²) in [6, 6.07) is 18.6. The predicted molar refractivity (Wildman–Crippen MR) is 69.5 cm³/mol. The van der Waals surface area contributed by atoms with Crippen molar-refractivity contribution in [2.45, 2.75) is 0 Å². The van der Waals surface area contributed by atoms with E-state index in [0.717, 1.165) is 11.1 Å². The van der Waals surface area contributed by atoms with Crippen LogP contribution in [0, 0.1) is 0 Å². The fraction of sp³-hybridized carbons (Fsp3) is 0. The van der Waals surface area contributed by atoms with Crippen molar-refractivity contribution in [2.24, 2.45) is 0 Å². The fourth-order valence-corrected chi connectivity index (χ4v) is 1.37. The molecular formula is C15H12O4. The molecule has 0 atom stereocenters. The smallest absolute Gasteiger partial charge is 0.300 e. The molecule has 96 valence electrons. The van der Waals surface area contributed by atoms with Crippen LogP contribution in [0.15, 0.2) is 60.7 Å². The molecule has 0 aliphatic rings. The van der Waals surface area contributed by atoms with Gasteiger partial charge < -0.3 is 4.74 Å². The predicted octanol–water partition coefficient (Wildman–Crippen LogP) is 2.23. The number of carbonyl (C=O) groups is 3. The number of hydrogen-bond acceptors (Lipinski definition) is 4. The molecule has 0 bridgehead atoms. The molecule has 2 aromatic carbocycles. The van der Waals surface area contributed by atoms with E-state index in [0.29, 0.717) is 0 Å². The van der Waals surface area contributed by atoms with Gasteiger partial charge in [0.05, 0.1) is 0 Å². The molecule has 0 amide bonds. The normalized spacial score (nSPS) is 8.63. The Morgan fingerprint density at radius 1 is 0.737 bits per heavy atom. The first-order valence-electron chi connectivity index (χ1n) is 5.47. The SMILES string of the molecule is O=C(c1ccccc1)c1ccccc1.O=COC=O. The summed E-state index contributed by atoms with van der Waals surface area (Å²) in [7, 11) is 0. The zero-order valence-corrected chi connectivity index (χ0v) is 10.1. The Morgan fingerprint density at radius 3 is 1.37 bits per heavy atom. The largest absolute Gasteiger partial charge is 0.398 e. The average molecular weight is 256 g/mol. The maximum atomic E-state index is 11.8. The molecule has 0 fully saturated rings. The van der Waals surface area contributed by atoms with Crippen LogP contribution < -0.4 is 0 Å². The molecule has 0 N–H and O–H groups in total. The monoisotopic (exact) mass is 256 g/mol. The first kappa shape index (κ1) is 14.3. The van der Waals surface area contributed by atoms with Crippen molar-refractivity contribution in [3.05, 3.63) is 71.8 Å². The third-order valence-electron chi connectivity index (χ3n) is 2.18. The number of benzene rings is 2. The second-order valence-corrected chi connectivity index (χ2v) is 3.39. The Hall–Kier alpha value is -2.75. The van der Waals surface area contributed by atoms with E-state index < -0.39 is 0 Å². The summed E-state index contributed by atoms with van der Waals surface area (Å²) < 4.78 is 3.47. The maximum absolute atomic E-state index is 11.8. The lowest BCUT2D eigenvalue weighted by Crippen LogP contribution is -1.99. The van der Waals surface area contributed by atoms with Gasteiger partial charge in [0, 0.05) is 11.1 Å². The van der Waals surface area contributed by atoms with Crippen LogP contribution in [-0.2, 0) is 14.3 Å². The standard InChI is InChI=1S/C13H10O.C2H2O3/c14-13(11-7-3-1-4-8-11)12-9-5-2-6-10-12;3-1-5-2-4/h1-10H;1-2H. The number of rotatable bonds is 4. The second-order valence-electron chi connectivity index (χ2n) is 3.39. The van der Waals surface area contributed by atoms with E-state index in [-0.39, 0.29) is 18.7 Å². The number of hydrogen-bond donors (Lipinski definition) is 0. The van der Waals surface area contributed by atoms with Crippen LogP contribution in [-0.4, -0.2) is 18.7 Å². The van der Waals surface area contributed by atoms with E-state index in [1.54, 1.807) is 0 Å². The maximum Gasteiger partial charge on any atom is 0.300 e. The van der Waals surface area contributed by atoms with Gasteiger partial charge in [-0.3, -0.25) is 14.4 Å². The summed E-state index contributed by atoms with van der Waals surface area (Å²) in [6.45, 7) is 0.125. The molecule has 0 aromatic heterocycles. The quantitative estimate of drug-likeness (QED) is 0.478. The van der Waals surface area contributed by atoms with Gasteiger partial charge in [-0.15, -0.1) is 0 Å². The highest BCUT2D eigenvalue weighted by Gasteiger charge is 2.06. The van der Waals surface area contributed by atoms with E-state index in [9.17, 15) is 4.79 Å². The van der Waals surface area contributed by atoms with Gasteiger partial charge in [0.1, 0.15) is 0 Å². The minimum atomic E-state index is 0.0625. The minimum absolute atomic E-state index is 0.0625. The van der Waals surface area contributed by atoms with Gasteiger partial charge in [-0.05, 0) is 0 Å². The van der Waals surface area contributed by atoms with Crippen LogP contribution >= 0.6 is 0 Å². The molecule has 0 saturated heterocycles. The summed E-state index contributed by atoms with van der Waals surface area (Å²) in [4.78, 5) is 29.7. The molecule has 0 aliphatic carbocycles. The van der Waals surface area contributed by atoms with Gasteiger partial charge in [0.25, 0.3) is 0 Å². The molecule has 0 unspecified atom stereocenters. The minimum Gasteiger partial charge on any atom is -0.398 e. The van der Waals surface area contributed by atoms with Gasteiger partial charge in [0.15, 0.2) is 5.78 Å². The van der Waals surface area contributed by atoms with E-state index in [4.69, 9.17) is 9.59 Å². The van der Waals surface area contributed by atoms with Crippen LogP contribution in [0.4, 0.5) is 0 Å². The number of carbonyl (C=O) groups excluding carboxylic acids is 3. The lowest BCUT2D eigenvalue weighted by Gasteiger charge is -1.99. The van der Waals surface area contributed by atoms with Gasteiger partial charge in [-0.1, -0.05) is 60.7 Å². The summed E-state index contributed by atoms with van der Waals surface area (Å²) in [5.74, 6) is 0.0752. The average Bonchev–Trinajstić information content (AvgIpc) is 2.50. The Balaban J connectivity index is 0.000000312. The molecular weight excluding hydrogens is 244 g/mol. The Labute approximate surface area is 110 Å². The third-order valence-corrected chi connectivity index (χ3v) is 2.18. The van der Waals surface area contributed by atoms with Crippen molar-refractivity contribution in [3.8, 4) is 0 Å². The zero-order valence-electron chi connectivity index (χ0n) is 10.1. The molecule has 0 heterocycles. The summed E-state index contributed by atoms with van der Waals surface area (Å²) in [6.07, 6.45) is 0. The molecule has 0 saturated carbocycles. The van der Waals surface area contributed by atoms with Crippen molar-refractivity contribution in [2.75, 3.05) is 0 Å². The molecule has 4 heteroatoms. The molecule has 2 rings (SSSR count). The first-order chi connectivity index (χ1) is 9.29. The van der Waals surface area contributed by atoms with Crippen molar-refractivity contribution in [3.63, 3.8) is 0 Å². The van der Waals surface area contributed by atoms with Crippen LogP contribution in [0.3, 0.4) is 0 Å². The Kier molecular flexibility index (Phi) is 6.29. The molecule has 19 heavy (non-hydrogen) atoms. The van der Waals surface area contributed by atoms with E-state index in [2.05, 4.69) is 4.74 Å². The van der Waals surface area contributed by atoms with Crippen molar-refractivity contribution in [1.82, 2.24) is 0 Å². The van der Waals surface area contributed by atoms with Gasteiger partial charge in [0.2, 0.25) is 0 Å². The highest BCUT2D eigenvalue weighted by atomic mass is 16.6. The number of ketones is 1. The molecule has 4 nitrogen and oxygen atoms in total. The van der Waals surface area contributed by atoms with Gasteiger partial charge >= 0.3 is 12.9 Å². The van der Waals surface area contributed by atoms with Crippen LogP contribution in [0.1, 0.15) is 15.9 Å². The third kappa shape index (κ3) is 4.95. The fourth-order valence-electron chi connectivity index (χ4n) is 1.37. The Bertz CT molecular complexity index is 473. The van der Waals surface area contributed by atoms with Crippen LogP contribution in [0.2, 0.25) is 0 Å². The van der Waals surface area contributed by atoms with Crippen molar-refractivity contribution >= 4 is 18.7 Å². The molecule has 0 aliphatic heterocycles. The van der Waals surface area contributed by atoms with E-state index >= 15 is 0 Å². The van der Waals surface area contributed by atoms with Crippen molar-refractivity contribution < 1.29 is 19.1 Å². The lowest BCUT2D eigenvalue weighted by atomic mass is 10.0. The van der Waals surface area contributed by atoms with Crippen LogP contribution in [0.25, 0.3) is 0 Å². The molecule has 0 radical (unpaired) electrons. The second kappa shape index (κ2) is 8.36. The summed E-state index contributed by atoms with van der Waals surface area (Å²) >= 11 is 0. The number of ether oxygens (including phenoxy) is 1. The highest BCUT2D eigenvalue weighted by molar-refractivity contribution is 6.08. The summed E-state index contributed by atoms with van der Waals surface area (Å²) in [5, 5.41) is 0. The molecule has 0 spiro atoms. The molecule has 2 aromatic rings. The van der Waals surface area contributed by atoms with Crippen LogP contribution in [0.5, 0.6) is 0 Å².